The first-order valence-corrected chi connectivity index (χ1v) is 8.78. The maximum atomic E-state index is 12.2. The van der Waals surface area contributed by atoms with E-state index in [2.05, 4.69) is 15.3 Å². The average Bonchev–Trinajstić information content (AvgIpc) is 3.03. The van der Waals surface area contributed by atoms with Gasteiger partial charge in [0.2, 0.25) is 0 Å². The Labute approximate surface area is 150 Å². The number of benzene rings is 1. The third-order valence-electron chi connectivity index (χ3n) is 3.81. The standard InChI is InChI=1S/C19H19N3O2S/c1-13-17(25-19(22-13)15-7-10-20-11-8-15)9-12-21-18(23)14-3-5-16(24-2)6-4-14/h3-8,10-11H,9,12H2,1-2H3,(H,21,23). The Morgan fingerprint density at radius 3 is 2.56 bits per heavy atom. The van der Waals surface area contributed by atoms with Crippen LogP contribution in [-0.2, 0) is 6.42 Å². The maximum absolute atomic E-state index is 12.2. The molecule has 1 amide bonds. The van der Waals surface area contributed by atoms with Crippen molar-refractivity contribution in [1.29, 1.82) is 0 Å². The largest absolute Gasteiger partial charge is 0.497 e. The van der Waals surface area contributed by atoms with Crippen LogP contribution in [0.15, 0.2) is 48.8 Å². The SMILES string of the molecule is COc1ccc(C(=O)NCCc2sc(-c3ccncc3)nc2C)cc1. The molecule has 2 heterocycles. The van der Waals surface area contributed by atoms with Crippen LogP contribution in [0.1, 0.15) is 20.9 Å². The van der Waals surface area contributed by atoms with Gasteiger partial charge in [-0.25, -0.2) is 4.98 Å². The molecule has 0 aliphatic carbocycles. The van der Waals surface area contributed by atoms with Crippen molar-refractivity contribution in [3.8, 4) is 16.3 Å². The molecule has 0 atom stereocenters. The summed E-state index contributed by atoms with van der Waals surface area (Å²) in [6, 6.07) is 11.0. The van der Waals surface area contributed by atoms with E-state index in [1.807, 2.05) is 19.1 Å². The Bertz CT molecular complexity index is 845. The summed E-state index contributed by atoms with van der Waals surface area (Å²) in [5.41, 5.74) is 2.70. The van der Waals surface area contributed by atoms with E-state index in [4.69, 9.17) is 4.74 Å². The van der Waals surface area contributed by atoms with Gasteiger partial charge >= 0.3 is 0 Å². The van der Waals surface area contributed by atoms with Crippen molar-refractivity contribution < 1.29 is 9.53 Å². The molecule has 25 heavy (non-hydrogen) atoms. The number of carbonyl (C=O) groups excluding carboxylic acids is 1. The van der Waals surface area contributed by atoms with Gasteiger partial charge in [0, 0.05) is 41.4 Å². The van der Waals surface area contributed by atoms with Crippen LogP contribution < -0.4 is 10.1 Å². The molecule has 0 saturated carbocycles. The number of aryl methyl sites for hydroxylation is 1. The van der Waals surface area contributed by atoms with Crippen molar-refractivity contribution in [3.05, 3.63) is 64.9 Å². The molecule has 1 aromatic carbocycles. The van der Waals surface area contributed by atoms with Crippen LogP contribution in [0.5, 0.6) is 5.75 Å². The molecule has 6 heteroatoms. The lowest BCUT2D eigenvalue weighted by Crippen LogP contribution is -2.25. The van der Waals surface area contributed by atoms with E-state index >= 15 is 0 Å². The molecule has 0 saturated heterocycles. The number of ether oxygens (including phenoxy) is 1. The second kappa shape index (κ2) is 7.90. The first-order chi connectivity index (χ1) is 12.2. The molecule has 1 N–H and O–H groups in total. The molecule has 2 aromatic heterocycles. The fourth-order valence-electron chi connectivity index (χ4n) is 2.41. The number of hydrogen-bond donors (Lipinski definition) is 1. The number of amides is 1. The Kier molecular flexibility index (Phi) is 5.40. The van der Waals surface area contributed by atoms with Crippen molar-refractivity contribution >= 4 is 17.2 Å². The van der Waals surface area contributed by atoms with Crippen molar-refractivity contribution in [2.24, 2.45) is 0 Å². The van der Waals surface area contributed by atoms with Gasteiger partial charge in [-0.05, 0) is 43.3 Å². The van der Waals surface area contributed by atoms with Crippen LogP contribution in [0.3, 0.4) is 0 Å². The third-order valence-corrected chi connectivity index (χ3v) is 5.08. The van der Waals surface area contributed by atoms with Crippen LogP contribution in [0, 0.1) is 6.92 Å². The minimum absolute atomic E-state index is 0.0841. The zero-order chi connectivity index (χ0) is 17.6. The molecule has 0 aliphatic rings. The summed E-state index contributed by atoms with van der Waals surface area (Å²) >= 11 is 1.66. The summed E-state index contributed by atoms with van der Waals surface area (Å²) in [6.45, 7) is 2.57. The summed E-state index contributed by atoms with van der Waals surface area (Å²) in [5, 5.41) is 3.93. The molecule has 0 fully saturated rings. The second-order valence-electron chi connectivity index (χ2n) is 5.50. The Morgan fingerprint density at radius 1 is 1.16 bits per heavy atom. The van der Waals surface area contributed by atoms with Crippen LogP contribution in [-0.4, -0.2) is 29.5 Å². The van der Waals surface area contributed by atoms with Crippen LogP contribution >= 0.6 is 11.3 Å². The number of thiazole rings is 1. The van der Waals surface area contributed by atoms with E-state index < -0.39 is 0 Å². The lowest BCUT2D eigenvalue weighted by molar-refractivity contribution is 0.0954. The lowest BCUT2D eigenvalue weighted by Gasteiger charge is -2.05. The van der Waals surface area contributed by atoms with E-state index in [9.17, 15) is 4.79 Å². The summed E-state index contributed by atoms with van der Waals surface area (Å²) in [4.78, 5) is 22.0. The Balaban J connectivity index is 1.58. The first kappa shape index (κ1) is 17.1. The summed E-state index contributed by atoms with van der Waals surface area (Å²) in [6.07, 6.45) is 4.29. The number of methoxy groups -OCH3 is 1. The molecule has 0 spiro atoms. The van der Waals surface area contributed by atoms with Crippen LogP contribution in [0.4, 0.5) is 0 Å². The highest BCUT2D eigenvalue weighted by Crippen LogP contribution is 2.27. The fourth-order valence-corrected chi connectivity index (χ4v) is 3.48. The number of rotatable bonds is 6. The second-order valence-corrected chi connectivity index (χ2v) is 6.58. The van der Waals surface area contributed by atoms with Crippen LogP contribution in [0.2, 0.25) is 0 Å². The molecule has 5 nitrogen and oxygen atoms in total. The monoisotopic (exact) mass is 353 g/mol. The molecule has 0 bridgehead atoms. The normalized spacial score (nSPS) is 10.5. The van der Waals surface area contributed by atoms with E-state index in [1.54, 1.807) is 55.1 Å². The van der Waals surface area contributed by atoms with Gasteiger partial charge in [0.1, 0.15) is 10.8 Å². The number of nitrogens with one attached hydrogen (secondary N) is 1. The maximum Gasteiger partial charge on any atom is 0.251 e. The van der Waals surface area contributed by atoms with Crippen molar-refractivity contribution in [2.45, 2.75) is 13.3 Å². The average molecular weight is 353 g/mol. The van der Waals surface area contributed by atoms with Gasteiger partial charge in [-0.3, -0.25) is 9.78 Å². The van der Waals surface area contributed by atoms with E-state index in [-0.39, 0.29) is 5.91 Å². The quantitative estimate of drug-likeness (QED) is 0.737. The van der Waals surface area contributed by atoms with Gasteiger partial charge in [0.15, 0.2) is 0 Å². The zero-order valence-corrected chi connectivity index (χ0v) is 15.0. The fraction of sp³-hybridized carbons (Fsp3) is 0.211. The van der Waals surface area contributed by atoms with Crippen LogP contribution in [0.25, 0.3) is 10.6 Å². The highest BCUT2D eigenvalue weighted by Gasteiger charge is 2.10. The number of aromatic nitrogens is 2. The lowest BCUT2D eigenvalue weighted by atomic mass is 10.2. The molecule has 0 aliphatic heterocycles. The highest BCUT2D eigenvalue weighted by molar-refractivity contribution is 7.15. The van der Waals surface area contributed by atoms with Gasteiger partial charge < -0.3 is 10.1 Å². The Hall–Kier alpha value is -2.73. The van der Waals surface area contributed by atoms with Gasteiger partial charge in [-0.15, -0.1) is 11.3 Å². The molecule has 0 radical (unpaired) electrons. The number of hydrogen-bond acceptors (Lipinski definition) is 5. The molecule has 128 valence electrons. The third kappa shape index (κ3) is 4.22. The molecule has 3 aromatic rings. The van der Waals surface area contributed by atoms with Crippen molar-refractivity contribution in [2.75, 3.05) is 13.7 Å². The summed E-state index contributed by atoms with van der Waals surface area (Å²) in [5.74, 6) is 0.652. The van der Waals surface area contributed by atoms with Crippen molar-refractivity contribution in [3.63, 3.8) is 0 Å². The predicted molar refractivity (Wildman–Crippen MR) is 99.1 cm³/mol. The Morgan fingerprint density at radius 2 is 1.88 bits per heavy atom. The van der Waals surface area contributed by atoms with E-state index in [1.165, 1.54) is 4.88 Å². The van der Waals surface area contributed by atoms with Gasteiger partial charge in [0.05, 0.1) is 12.8 Å². The van der Waals surface area contributed by atoms with Gasteiger partial charge in [0.25, 0.3) is 5.91 Å². The minimum atomic E-state index is -0.0841. The first-order valence-electron chi connectivity index (χ1n) is 7.96. The van der Waals surface area contributed by atoms with Gasteiger partial charge in [-0.2, -0.15) is 0 Å². The number of pyridine rings is 1. The molecular formula is C19H19N3O2S. The molecular weight excluding hydrogens is 334 g/mol. The zero-order valence-electron chi connectivity index (χ0n) is 14.2. The highest BCUT2D eigenvalue weighted by atomic mass is 32.1. The summed E-state index contributed by atoms with van der Waals surface area (Å²) < 4.78 is 5.10. The summed E-state index contributed by atoms with van der Waals surface area (Å²) in [7, 11) is 1.60. The smallest absolute Gasteiger partial charge is 0.251 e. The molecule has 3 rings (SSSR count). The molecule has 0 unspecified atom stereocenters. The number of carbonyl (C=O) groups is 1. The minimum Gasteiger partial charge on any atom is -0.497 e. The number of nitrogens with zero attached hydrogens (tertiary/aromatic N) is 2. The van der Waals surface area contributed by atoms with E-state index in [0.717, 1.165) is 28.4 Å². The van der Waals surface area contributed by atoms with Crippen molar-refractivity contribution in [1.82, 2.24) is 15.3 Å². The predicted octanol–water partition coefficient (Wildman–Crippen LogP) is 3.49. The topological polar surface area (TPSA) is 64.1 Å². The van der Waals surface area contributed by atoms with E-state index in [0.29, 0.717) is 12.1 Å². The van der Waals surface area contributed by atoms with Gasteiger partial charge in [-0.1, -0.05) is 0 Å².